The summed E-state index contributed by atoms with van der Waals surface area (Å²) in [5.41, 5.74) is 4.64. The van der Waals surface area contributed by atoms with Crippen molar-refractivity contribution >= 4 is 11.0 Å². The Labute approximate surface area is 135 Å². The Balaban J connectivity index is 2.35. The number of hydrogen-bond acceptors (Lipinski definition) is 3. The minimum atomic E-state index is -0.119. The van der Waals surface area contributed by atoms with Gasteiger partial charge in [-0.2, -0.15) is 0 Å². The summed E-state index contributed by atoms with van der Waals surface area (Å²) in [5.74, 6) is 0.778. The van der Waals surface area contributed by atoms with Crippen molar-refractivity contribution in [2.24, 2.45) is 0 Å². The molecule has 0 saturated carbocycles. The summed E-state index contributed by atoms with van der Waals surface area (Å²) in [6.45, 7) is 8.30. The first-order chi connectivity index (χ1) is 11.0. The molecule has 0 N–H and O–H groups in total. The molecule has 0 aliphatic carbocycles. The molecule has 0 atom stereocenters. The lowest BCUT2D eigenvalue weighted by atomic mass is 10.0. The minimum Gasteiger partial charge on any atom is -0.487 e. The third kappa shape index (κ3) is 2.74. The smallest absolute Gasteiger partial charge is 0.235 e. The van der Waals surface area contributed by atoms with E-state index in [4.69, 9.17) is 9.15 Å². The maximum atomic E-state index is 12.9. The molecule has 3 heteroatoms. The largest absolute Gasteiger partial charge is 0.487 e. The molecule has 0 radical (unpaired) electrons. The van der Waals surface area contributed by atoms with Crippen LogP contribution in [0, 0.1) is 20.8 Å². The SMILES string of the molecule is CCOc1c(-c2ccc(C)cc2)oc2cc(C)c(C)cc2c1=O. The van der Waals surface area contributed by atoms with Crippen LogP contribution in [0.3, 0.4) is 0 Å². The predicted octanol–water partition coefficient (Wildman–Crippen LogP) is 4.78. The van der Waals surface area contributed by atoms with E-state index in [1.807, 2.05) is 64.1 Å². The fraction of sp³-hybridized carbons (Fsp3) is 0.250. The molecule has 1 heterocycles. The van der Waals surface area contributed by atoms with E-state index < -0.39 is 0 Å². The Morgan fingerprint density at radius 3 is 2.30 bits per heavy atom. The molecule has 118 valence electrons. The van der Waals surface area contributed by atoms with Crippen molar-refractivity contribution in [3.8, 4) is 17.1 Å². The molecule has 2 aromatic carbocycles. The average Bonchev–Trinajstić information content (AvgIpc) is 2.53. The standard InChI is InChI=1S/C20H20O3/c1-5-22-20-18(21)16-10-13(3)14(4)11-17(16)23-19(20)15-8-6-12(2)7-9-15/h6-11H,5H2,1-4H3. The van der Waals surface area contributed by atoms with Crippen LogP contribution in [0.2, 0.25) is 0 Å². The number of aryl methyl sites for hydroxylation is 3. The van der Waals surface area contributed by atoms with E-state index >= 15 is 0 Å². The molecular formula is C20H20O3. The number of hydrogen-bond donors (Lipinski definition) is 0. The Kier molecular flexibility index (Phi) is 3.95. The lowest BCUT2D eigenvalue weighted by Gasteiger charge is -2.12. The van der Waals surface area contributed by atoms with Crippen molar-refractivity contribution in [2.75, 3.05) is 6.61 Å². The van der Waals surface area contributed by atoms with Gasteiger partial charge in [-0.25, -0.2) is 0 Å². The quantitative estimate of drug-likeness (QED) is 0.698. The lowest BCUT2D eigenvalue weighted by molar-refractivity contribution is 0.330. The molecule has 3 rings (SSSR count). The normalized spacial score (nSPS) is 11.0. The number of rotatable bonds is 3. The zero-order valence-corrected chi connectivity index (χ0v) is 13.9. The van der Waals surface area contributed by atoms with Crippen molar-refractivity contribution in [1.29, 1.82) is 0 Å². The van der Waals surface area contributed by atoms with Gasteiger partial charge in [0.25, 0.3) is 0 Å². The molecular weight excluding hydrogens is 288 g/mol. The Hall–Kier alpha value is -2.55. The molecule has 0 fully saturated rings. The molecule has 23 heavy (non-hydrogen) atoms. The summed E-state index contributed by atoms with van der Waals surface area (Å²) in [6.07, 6.45) is 0. The monoisotopic (exact) mass is 308 g/mol. The van der Waals surface area contributed by atoms with E-state index in [1.165, 1.54) is 0 Å². The number of benzene rings is 2. The van der Waals surface area contributed by atoms with Gasteiger partial charge >= 0.3 is 0 Å². The van der Waals surface area contributed by atoms with Crippen LogP contribution in [0.1, 0.15) is 23.6 Å². The van der Waals surface area contributed by atoms with Gasteiger partial charge in [0.15, 0.2) is 5.76 Å². The second kappa shape index (κ2) is 5.92. The maximum absolute atomic E-state index is 12.9. The molecule has 0 amide bonds. The van der Waals surface area contributed by atoms with E-state index in [9.17, 15) is 4.79 Å². The van der Waals surface area contributed by atoms with Gasteiger partial charge in [0.2, 0.25) is 11.2 Å². The molecule has 0 aliphatic rings. The summed E-state index contributed by atoms with van der Waals surface area (Å²) in [7, 11) is 0. The van der Waals surface area contributed by atoms with Gasteiger partial charge in [0, 0.05) is 5.56 Å². The summed E-state index contributed by atoms with van der Waals surface area (Å²) < 4.78 is 11.7. The summed E-state index contributed by atoms with van der Waals surface area (Å²) in [5, 5.41) is 0.562. The van der Waals surface area contributed by atoms with Crippen LogP contribution in [0.4, 0.5) is 0 Å². The Morgan fingerprint density at radius 2 is 1.65 bits per heavy atom. The molecule has 0 unspecified atom stereocenters. The minimum absolute atomic E-state index is 0.119. The van der Waals surface area contributed by atoms with Crippen molar-refractivity contribution in [2.45, 2.75) is 27.7 Å². The second-order valence-corrected chi connectivity index (χ2v) is 5.82. The number of fused-ring (bicyclic) bond motifs is 1. The van der Waals surface area contributed by atoms with Crippen LogP contribution in [0.25, 0.3) is 22.3 Å². The van der Waals surface area contributed by atoms with E-state index in [-0.39, 0.29) is 11.2 Å². The number of ether oxygens (including phenoxy) is 1. The van der Waals surface area contributed by atoms with Crippen LogP contribution in [-0.4, -0.2) is 6.61 Å². The predicted molar refractivity (Wildman–Crippen MR) is 93.3 cm³/mol. The van der Waals surface area contributed by atoms with E-state index in [2.05, 4.69) is 0 Å². The van der Waals surface area contributed by atoms with Crippen LogP contribution in [0.5, 0.6) is 5.75 Å². The maximum Gasteiger partial charge on any atom is 0.235 e. The van der Waals surface area contributed by atoms with Crippen LogP contribution >= 0.6 is 0 Å². The zero-order valence-electron chi connectivity index (χ0n) is 13.9. The highest BCUT2D eigenvalue weighted by Crippen LogP contribution is 2.32. The molecule has 3 nitrogen and oxygen atoms in total. The first-order valence-electron chi connectivity index (χ1n) is 7.79. The van der Waals surface area contributed by atoms with Crippen molar-refractivity contribution in [3.63, 3.8) is 0 Å². The summed E-state index contributed by atoms with van der Waals surface area (Å²) in [4.78, 5) is 12.9. The molecule has 0 spiro atoms. The third-order valence-corrected chi connectivity index (χ3v) is 4.07. The van der Waals surface area contributed by atoms with Gasteiger partial charge < -0.3 is 9.15 Å². The van der Waals surface area contributed by atoms with Gasteiger partial charge in [0.1, 0.15) is 5.58 Å². The van der Waals surface area contributed by atoms with Gasteiger partial charge in [-0.05, 0) is 51.0 Å². The topological polar surface area (TPSA) is 39.4 Å². The van der Waals surface area contributed by atoms with E-state index in [0.717, 1.165) is 22.3 Å². The molecule has 1 aromatic heterocycles. The second-order valence-electron chi connectivity index (χ2n) is 5.82. The first-order valence-corrected chi connectivity index (χ1v) is 7.79. The van der Waals surface area contributed by atoms with Crippen LogP contribution < -0.4 is 10.2 Å². The highest BCUT2D eigenvalue weighted by molar-refractivity contribution is 5.83. The van der Waals surface area contributed by atoms with Crippen molar-refractivity contribution in [3.05, 3.63) is 63.3 Å². The average molecular weight is 308 g/mol. The molecule has 3 aromatic rings. The zero-order chi connectivity index (χ0) is 16.6. The molecule has 0 aliphatic heterocycles. The Bertz CT molecular complexity index is 918. The van der Waals surface area contributed by atoms with Gasteiger partial charge in [-0.1, -0.05) is 29.8 Å². The third-order valence-electron chi connectivity index (χ3n) is 4.07. The highest BCUT2D eigenvalue weighted by atomic mass is 16.5. The van der Waals surface area contributed by atoms with Crippen LogP contribution in [0.15, 0.2) is 45.6 Å². The van der Waals surface area contributed by atoms with Gasteiger partial charge in [0.05, 0.1) is 12.0 Å². The molecule has 0 bridgehead atoms. The van der Waals surface area contributed by atoms with Gasteiger partial charge in [-0.3, -0.25) is 4.79 Å². The van der Waals surface area contributed by atoms with Crippen molar-refractivity contribution in [1.82, 2.24) is 0 Å². The summed E-state index contributed by atoms with van der Waals surface area (Å²) in [6, 6.07) is 11.7. The summed E-state index contributed by atoms with van der Waals surface area (Å²) >= 11 is 0. The fourth-order valence-corrected chi connectivity index (χ4v) is 2.60. The van der Waals surface area contributed by atoms with E-state index in [0.29, 0.717) is 23.3 Å². The van der Waals surface area contributed by atoms with E-state index in [1.54, 1.807) is 0 Å². The van der Waals surface area contributed by atoms with Gasteiger partial charge in [-0.15, -0.1) is 0 Å². The highest BCUT2D eigenvalue weighted by Gasteiger charge is 2.18. The first kappa shape index (κ1) is 15.3. The van der Waals surface area contributed by atoms with Crippen molar-refractivity contribution < 1.29 is 9.15 Å². The lowest BCUT2D eigenvalue weighted by Crippen LogP contribution is -2.10. The molecule has 0 saturated heterocycles. The fourth-order valence-electron chi connectivity index (χ4n) is 2.60. The Morgan fingerprint density at radius 1 is 1.00 bits per heavy atom. The van der Waals surface area contributed by atoms with Crippen LogP contribution in [-0.2, 0) is 0 Å².